The first-order valence-electron chi connectivity index (χ1n) is 5.33. The van der Waals surface area contributed by atoms with Crippen molar-refractivity contribution in [1.82, 2.24) is 9.71 Å². The first kappa shape index (κ1) is 14.1. The molecule has 7 heteroatoms. The Hall–Kier alpha value is -1.96. The van der Waals surface area contributed by atoms with Gasteiger partial charge in [-0.25, -0.2) is 18.1 Å². The number of hydrogen-bond acceptors (Lipinski definition) is 5. The lowest BCUT2D eigenvalue weighted by Gasteiger charge is -2.06. The number of nitrogens with zero attached hydrogens (tertiary/aromatic N) is 3. The summed E-state index contributed by atoms with van der Waals surface area (Å²) in [7, 11) is -3.71. The molecular formula is C11H12N4O2S. The van der Waals surface area contributed by atoms with Crippen molar-refractivity contribution in [1.29, 1.82) is 10.5 Å². The third kappa shape index (κ3) is 3.81. The summed E-state index contributed by atoms with van der Waals surface area (Å²) in [4.78, 5) is 3.58. The average Bonchev–Trinajstić information content (AvgIpc) is 2.38. The maximum Gasteiger partial charge on any atom is 0.243 e. The molecule has 1 N–H and O–H groups in total. The van der Waals surface area contributed by atoms with Crippen LogP contribution in [0.5, 0.6) is 0 Å². The Morgan fingerprint density at radius 2 is 2.11 bits per heavy atom. The van der Waals surface area contributed by atoms with Crippen LogP contribution in [0.3, 0.4) is 0 Å². The quantitative estimate of drug-likeness (QED) is 0.769. The van der Waals surface area contributed by atoms with Gasteiger partial charge in [0.05, 0.1) is 6.07 Å². The zero-order chi connectivity index (χ0) is 13.4. The second-order valence-electron chi connectivity index (χ2n) is 3.47. The molecule has 0 aliphatic rings. The molecule has 0 aliphatic carbocycles. The van der Waals surface area contributed by atoms with Gasteiger partial charge < -0.3 is 0 Å². The van der Waals surface area contributed by atoms with Crippen LogP contribution in [-0.4, -0.2) is 19.9 Å². The summed E-state index contributed by atoms with van der Waals surface area (Å²) in [5.74, 6) is 0. The van der Waals surface area contributed by atoms with Crippen molar-refractivity contribution in [2.75, 3.05) is 6.54 Å². The Morgan fingerprint density at radius 1 is 1.33 bits per heavy atom. The molecule has 6 nitrogen and oxygen atoms in total. The monoisotopic (exact) mass is 264 g/mol. The van der Waals surface area contributed by atoms with Gasteiger partial charge in [-0.3, -0.25) is 0 Å². The second-order valence-corrected chi connectivity index (χ2v) is 5.21. The topological polar surface area (TPSA) is 107 Å². The molecule has 0 saturated carbocycles. The zero-order valence-electron chi connectivity index (χ0n) is 9.63. The van der Waals surface area contributed by atoms with Crippen LogP contribution in [0.2, 0.25) is 0 Å². The van der Waals surface area contributed by atoms with E-state index in [2.05, 4.69) is 9.71 Å². The standard InChI is InChI=1S/C11H12N4O2S/c12-6-2-1-3-8-15-18(16,17)11-5-4-7-14-10(11)9-13/h4-5,7,15H,1-3,8H2. The third-order valence-electron chi connectivity index (χ3n) is 2.17. The lowest BCUT2D eigenvalue weighted by atomic mass is 10.2. The van der Waals surface area contributed by atoms with Crippen LogP contribution in [0.1, 0.15) is 25.0 Å². The Kier molecular flexibility index (Phi) is 5.25. The number of rotatable bonds is 6. The summed E-state index contributed by atoms with van der Waals surface area (Å²) in [5.41, 5.74) is -0.123. The fourth-order valence-corrected chi connectivity index (χ4v) is 2.48. The number of nitriles is 2. The van der Waals surface area contributed by atoms with Gasteiger partial charge in [0, 0.05) is 19.2 Å². The maximum atomic E-state index is 11.9. The van der Waals surface area contributed by atoms with Crippen molar-refractivity contribution in [3.8, 4) is 12.1 Å². The fourth-order valence-electron chi connectivity index (χ4n) is 1.30. The Bertz CT molecular complexity index is 584. The van der Waals surface area contributed by atoms with Gasteiger partial charge in [0.25, 0.3) is 0 Å². The summed E-state index contributed by atoms with van der Waals surface area (Å²) >= 11 is 0. The predicted molar refractivity (Wildman–Crippen MR) is 63.6 cm³/mol. The third-order valence-corrected chi connectivity index (χ3v) is 3.67. The number of hydrogen-bond donors (Lipinski definition) is 1. The first-order chi connectivity index (χ1) is 8.61. The average molecular weight is 264 g/mol. The summed E-state index contributed by atoms with van der Waals surface area (Å²) in [6, 6.07) is 6.52. The van der Waals surface area contributed by atoms with Crippen molar-refractivity contribution in [2.24, 2.45) is 0 Å². The van der Waals surface area contributed by atoms with E-state index in [-0.39, 0.29) is 17.1 Å². The van der Waals surface area contributed by atoms with Crippen molar-refractivity contribution in [3.05, 3.63) is 24.0 Å². The van der Waals surface area contributed by atoms with Crippen LogP contribution in [-0.2, 0) is 10.0 Å². The molecule has 1 heterocycles. The van der Waals surface area contributed by atoms with Gasteiger partial charge in [-0.1, -0.05) is 0 Å². The highest BCUT2D eigenvalue weighted by molar-refractivity contribution is 7.89. The second kappa shape index (κ2) is 6.70. The van der Waals surface area contributed by atoms with Crippen LogP contribution in [0, 0.1) is 22.7 Å². The Morgan fingerprint density at radius 3 is 2.78 bits per heavy atom. The number of sulfonamides is 1. The van der Waals surface area contributed by atoms with E-state index < -0.39 is 10.0 Å². The molecule has 0 spiro atoms. The molecule has 0 bridgehead atoms. The van der Waals surface area contributed by atoms with Crippen LogP contribution in [0.4, 0.5) is 0 Å². The minimum absolute atomic E-state index is 0.118. The molecule has 1 aromatic heterocycles. The summed E-state index contributed by atoms with van der Waals surface area (Å²) in [5, 5.41) is 17.1. The molecule has 0 atom stereocenters. The molecule has 1 aromatic rings. The van der Waals surface area contributed by atoms with E-state index in [9.17, 15) is 8.42 Å². The highest BCUT2D eigenvalue weighted by atomic mass is 32.2. The van der Waals surface area contributed by atoms with Gasteiger partial charge in [-0.15, -0.1) is 0 Å². The van der Waals surface area contributed by atoms with Gasteiger partial charge in [0.15, 0.2) is 5.69 Å². The summed E-state index contributed by atoms with van der Waals surface area (Å²) in [6.45, 7) is 0.240. The highest BCUT2D eigenvalue weighted by Gasteiger charge is 2.18. The van der Waals surface area contributed by atoms with Gasteiger partial charge in [-0.2, -0.15) is 10.5 Å². The fraction of sp³-hybridized carbons (Fsp3) is 0.364. The lowest BCUT2D eigenvalue weighted by Crippen LogP contribution is -2.25. The SMILES string of the molecule is N#CCCCCNS(=O)(=O)c1cccnc1C#N. The number of nitrogens with one attached hydrogen (secondary N) is 1. The minimum atomic E-state index is -3.71. The van der Waals surface area contributed by atoms with Crippen LogP contribution in [0.15, 0.2) is 23.2 Å². The zero-order valence-corrected chi connectivity index (χ0v) is 10.4. The molecule has 1 rings (SSSR count). The van der Waals surface area contributed by atoms with Gasteiger partial charge >= 0.3 is 0 Å². The molecule has 0 saturated heterocycles. The maximum absolute atomic E-state index is 11.9. The van der Waals surface area contributed by atoms with Gasteiger partial charge in [0.2, 0.25) is 10.0 Å². The molecule has 0 fully saturated rings. The van der Waals surface area contributed by atoms with Gasteiger partial charge in [-0.05, 0) is 25.0 Å². The van der Waals surface area contributed by atoms with E-state index in [0.29, 0.717) is 19.3 Å². The van der Waals surface area contributed by atoms with Crippen LogP contribution < -0.4 is 4.72 Å². The highest BCUT2D eigenvalue weighted by Crippen LogP contribution is 2.11. The van der Waals surface area contributed by atoms with E-state index in [0.717, 1.165) is 0 Å². The first-order valence-corrected chi connectivity index (χ1v) is 6.82. The molecule has 0 aromatic carbocycles. The smallest absolute Gasteiger partial charge is 0.243 e. The molecule has 18 heavy (non-hydrogen) atoms. The molecule has 0 amide bonds. The van der Waals surface area contributed by atoms with E-state index in [4.69, 9.17) is 10.5 Å². The predicted octanol–water partition coefficient (Wildman–Crippen LogP) is 0.925. The Balaban J connectivity index is 2.70. The number of pyridine rings is 1. The summed E-state index contributed by atoms with van der Waals surface area (Å²) < 4.78 is 26.1. The van der Waals surface area contributed by atoms with Crippen molar-refractivity contribution < 1.29 is 8.42 Å². The minimum Gasteiger partial charge on any atom is -0.244 e. The number of aromatic nitrogens is 1. The van der Waals surface area contributed by atoms with E-state index in [1.165, 1.54) is 18.3 Å². The Labute approximate surface area is 106 Å². The number of unbranched alkanes of at least 4 members (excludes halogenated alkanes) is 2. The van der Waals surface area contributed by atoms with Crippen molar-refractivity contribution >= 4 is 10.0 Å². The van der Waals surface area contributed by atoms with E-state index in [1.807, 2.05) is 6.07 Å². The van der Waals surface area contributed by atoms with E-state index >= 15 is 0 Å². The lowest BCUT2D eigenvalue weighted by molar-refractivity contribution is 0.576. The van der Waals surface area contributed by atoms with E-state index in [1.54, 1.807) is 6.07 Å². The molecule has 94 valence electrons. The van der Waals surface area contributed by atoms with Crippen LogP contribution in [0.25, 0.3) is 0 Å². The molecule has 0 radical (unpaired) electrons. The van der Waals surface area contributed by atoms with Crippen molar-refractivity contribution in [3.63, 3.8) is 0 Å². The molecular weight excluding hydrogens is 252 g/mol. The summed E-state index contributed by atoms with van der Waals surface area (Å²) in [6.07, 6.45) is 2.98. The largest absolute Gasteiger partial charge is 0.244 e. The normalized spacial score (nSPS) is 10.6. The van der Waals surface area contributed by atoms with Crippen molar-refractivity contribution in [2.45, 2.75) is 24.2 Å². The molecule has 0 unspecified atom stereocenters. The van der Waals surface area contributed by atoms with Crippen LogP contribution >= 0.6 is 0 Å². The molecule has 0 aliphatic heterocycles. The van der Waals surface area contributed by atoms with Gasteiger partial charge in [0.1, 0.15) is 11.0 Å².